The van der Waals surface area contributed by atoms with Crippen LogP contribution in [0.15, 0.2) is 39.9 Å². The number of carbonyl (C=O) groups excluding carboxylic acids is 1. The SMILES string of the molecule is Cc1occc1-c1nnc(CCC(=O)NCCCn2ccnc2)o1. The molecule has 0 saturated heterocycles. The van der Waals surface area contributed by atoms with Crippen LogP contribution in [0.2, 0.25) is 0 Å². The van der Waals surface area contributed by atoms with Crippen molar-refractivity contribution in [3.05, 3.63) is 42.7 Å². The zero-order valence-corrected chi connectivity index (χ0v) is 13.4. The maximum absolute atomic E-state index is 11.8. The van der Waals surface area contributed by atoms with Crippen LogP contribution in [-0.2, 0) is 17.8 Å². The number of nitrogens with zero attached hydrogens (tertiary/aromatic N) is 4. The van der Waals surface area contributed by atoms with Crippen molar-refractivity contribution in [2.24, 2.45) is 0 Å². The number of nitrogens with one attached hydrogen (secondary N) is 1. The summed E-state index contributed by atoms with van der Waals surface area (Å²) in [4.78, 5) is 15.8. The predicted octanol–water partition coefficient (Wildman–Crippen LogP) is 1.97. The van der Waals surface area contributed by atoms with Crippen LogP contribution in [0.5, 0.6) is 0 Å². The molecule has 3 aromatic heterocycles. The summed E-state index contributed by atoms with van der Waals surface area (Å²) in [5, 5.41) is 10.8. The van der Waals surface area contributed by atoms with Gasteiger partial charge in [0.15, 0.2) is 0 Å². The molecule has 8 heteroatoms. The number of hydrogen-bond acceptors (Lipinski definition) is 6. The highest BCUT2D eigenvalue weighted by atomic mass is 16.4. The second-order valence-corrected chi connectivity index (χ2v) is 5.40. The predicted molar refractivity (Wildman–Crippen MR) is 84.9 cm³/mol. The summed E-state index contributed by atoms with van der Waals surface area (Å²) in [5.74, 6) is 1.55. The van der Waals surface area contributed by atoms with Crippen molar-refractivity contribution in [1.82, 2.24) is 25.1 Å². The average molecular weight is 329 g/mol. The first-order chi connectivity index (χ1) is 11.7. The van der Waals surface area contributed by atoms with Crippen molar-refractivity contribution < 1.29 is 13.6 Å². The molecule has 0 aliphatic heterocycles. The van der Waals surface area contributed by atoms with E-state index in [-0.39, 0.29) is 5.91 Å². The van der Waals surface area contributed by atoms with Crippen LogP contribution in [0.25, 0.3) is 11.5 Å². The van der Waals surface area contributed by atoms with Gasteiger partial charge in [0.05, 0.1) is 18.2 Å². The van der Waals surface area contributed by atoms with Gasteiger partial charge in [-0.1, -0.05) is 0 Å². The van der Waals surface area contributed by atoms with Gasteiger partial charge in [0.1, 0.15) is 5.76 Å². The molecule has 0 atom stereocenters. The van der Waals surface area contributed by atoms with Crippen LogP contribution >= 0.6 is 0 Å². The monoisotopic (exact) mass is 329 g/mol. The molecule has 3 heterocycles. The Hall–Kier alpha value is -2.90. The summed E-state index contributed by atoms with van der Waals surface area (Å²) in [5.41, 5.74) is 0.776. The number of rotatable bonds is 8. The molecular weight excluding hydrogens is 310 g/mol. The van der Waals surface area contributed by atoms with E-state index in [1.165, 1.54) is 0 Å². The van der Waals surface area contributed by atoms with Gasteiger partial charge in [-0.25, -0.2) is 4.98 Å². The highest BCUT2D eigenvalue weighted by Crippen LogP contribution is 2.22. The first kappa shape index (κ1) is 16.0. The normalized spacial score (nSPS) is 10.9. The first-order valence-corrected chi connectivity index (χ1v) is 7.81. The molecule has 0 unspecified atom stereocenters. The number of imidazole rings is 1. The Balaban J connectivity index is 1.38. The Bertz CT molecular complexity index is 775. The number of aryl methyl sites for hydroxylation is 3. The summed E-state index contributed by atoms with van der Waals surface area (Å²) >= 11 is 0. The highest BCUT2D eigenvalue weighted by molar-refractivity contribution is 5.75. The lowest BCUT2D eigenvalue weighted by molar-refractivity contribution is -0.121. The van der Waals surface area contributed by atoms with E-state index in [0.717, 1.165) is 24.3 Å². The van der Waals surface area contributed by atoms with Crippen LogP contribution in [-0.4, -0.2) is 32.2 Å². The molecule has 0 saturated carbocycles. The minimum atomic E-state index is -0.0279. The fourth-order valence-electron chi connectivity index (χ4n) is 2.29. The van der Waals surface area contributed by atoms with Crippen LogP contribution in [0.1, 0.15) is 24.5 Å². The molecule has 24 heavy (non-hydrogen) atoms. The Morgan fingerprint density at radius 3 is 3.04 bits per heavy atom. The number of furan rings is 1. The van der Waals surface area contributed by atoms with Gasteiger partial charge in [0.25, 0.3) is 5.89 Å². The smallest absolute Gasteiger partial charge is 0.251 e. The third-order valence-corrected chi connectivity index (χ3v) is 3.60. The average Bonchev–Trinajstić information content (AvgIpc) is 3.31. The number of aromatic nitrogens is 4. The Morgan fingerprint density at radius 1 is 1.38 bits per heavy atom. The summed E-state index contributed by atoms with van der Waals surface area (Å²) in [6, 6.07) is 1.78. The minimum absolute atomic E-state index is 0.0279. The topological polar surface area (TPSA) is 99.0 Å². The molecule has 3 rings (SSSR count). The van der Waals surface area contributed by atoms with E-state index in [0.29, 0.717) is 31.2 Å². The molecule has 0 aromatic carbocycles. The van der Waals surface area contributed by atoms with Crippen molar-refractivity contribution in [1.29, 1.82) is 0 Å². The zero-order chi connectivity index (χ0) is 16.8. The van der Waals surface area contributed by atoms with Gasteiger partial charge in [0, 0.05) is 38.3 Å². The Labute approximate surface area is 138 Å². The Morgan fingerprint density at radius 2 is 2.29 bits per heavy atom. The third kappa shape index (κ3) is 4.09. The van der Waals surface area contributed by atoms with E-state index in [4.69, 9.17) is 8.83 Å². The van der Waals surface area contributed by atoms with Crippen molar-refractivity contribution >= 4 is 5.91 Å². The molecule has 0 aliphatic rings. The van der Waals surface area contributed by atoms with Crippen LogP contribution in [0.3, 0.4) is 0 Å². The molecule has 126 valence electrons. The third-order valence-electron chi connectivity index (χ3n) is 3.60. The summed E-state index contributed by atoms with van der Waals surface area (Å²) < 4.78 is 12.7. The maximum atomic E-state index is 11.8. The van der Waals surface area contributed by atoms with Crippen LogP contribution in [0, 0.1) is 6.92 Å². The molecular formula is C16H19N5O3. The molecule has 1 amide bonds. The molecule has 3 aromatic rings. The van der Waals surface area contributed by atoms with E-state index < -0.39 is 0 Å². The molecule has 0 fully saturated rings. The molecule has 0 aliphatic carbocycles. The Kier molecular flexibility index (Phi) is 5.05. The van der Waals surface area contributed by atoms with Gasteiger partial charge in [-0.15, -0.1) is 10.2 Å². The summed E-state index contributed by atoms with van der Waals surface area (Å²) in [7, 11) is 0. The molecule has 1 N–H and O–H groups in total. The van der Waals surface area contributed by atoms with Gasteiger partial charge in [-0.2, -0.15) is 0 Å². The minimum Gasteiger partial charge on any atom is -0.469 e. The molecule has 0 spiro atoms. The van der Waals surface area contributed by atoms with E-state index in [2.05, 4.69) is 20.5 Å². The fraction of sp³-hybridized carbons (Fsp3) is 0.375. The van der Waals surface area contributed by atoms with Gasteiger partial charge in [-0.05, 0) is 19.4 Å². The second kappa shape index (κ2) is 7.58. The lowest BCUT2D eigenvalue weighted by Crippen LogP contribution is -2.25. The van der Waals surface area contributed by atoms with E-state index in [9.17, 15) is 4.79 Å². The highest BCUT2D eigenvalue weighted by Gasteiger charge is 2.13. The molecule has 0 radical (unpaired) electrons. The van der Waals surface area contributed by atoms with Gasteiger partial charge >= 0.3 is 0 Å². The molecule has 0 bridgehead atoms. The van der Waals surface area contributed by atoms with Gasteiger partial charge in [0.2, 0.25) is 11.8 Å². The summed E-state index contributed by atoms with van der Waals surface area (Å²) in [6.07, 6.45) is 8.56. The van der Waals surface area contributed by atoms with E-state index >= 15 is 0 Å². The molecule has 8 nitrogen and oxygen atoms in total. The summed E-state index contributed by atoms with van der Waals surface area (Å²) in [6.45, 7) is 3.29. The fourth-order valence-corrected chi connectivity index (χ4v) is 2.29. The maximum Gasteiger partial charge on any atom is 0.251 e. The zero-order valence-electron chi connectivity index (χ0n) is 13.4. The van der Waals surface area contributed by atoms with Crippen molar-refractivity contribution in [2.45, 2.75) is 32.7 Å². The number of hydrogen-bond donors (Lipinski definition) is 1. The van der Waals surface area contributed by atoms with Crippen LogP contribution < -0.4 is 5.32 Å². The first-order valence-electron chi connectivity index (χ1n) is 7.81. The van der Waals surface area contributed by atoms with E-state index in [1.807, 2.05) is 17.7 Å². The quantitative estimate of drug-likeness (QED) is 0.634. The second-order valence-electron chi connectivity index (χ2n) is 5.40. The number of amides is 1. The van der Waals surface area contributed by atoms with Crippen molar-refractivity contribution in [3.8, 4) is 11.5 Å². The van der Waals surface area contributed by atoms with Crippen molar-refractivity contribution in [2.75, 3.05) is 6.54 Å². The standard InChI is InChI=1S/C16H19N5O3/c1-12-13(5-10-23-12)16-20-19-15(24-16)4-3-14(22)18-6-2-8-21-9-7-17-11-21/h5,7,9-11H,2-4,6,8H2,1H3,(H,18,22). The van der Waals surface area contributed by atoms with E-state index in [1.54, 1.807) is 24.9 Å². The van der Waals surface area contributed by atoms with Crippen LogP contribution in [0.4, 0.5) is 0 Å². The lowest BCUT2D eigenvalue weighted by atomic mass is 10.2. The number of carbonyl (C=O) groups is 1. The van der Waals surface area contributed by atoms with Gasteiger partial charge < -0.3 is 18.7 Å². The lowest BCUT2D eigenvalue weighted by Gasteiger charge is -2.04. The largest absolute Gasteiger partial charge is 0.469 e. The van der Waals surface area contributed by atoms with Crippen molar-refractivity contribution in [3.63, 3.8) is 0 Å². The van der Waals surface area contributed by atoms with Gasteiger partial charge in [-0.3, -0.25) is 4.79 Å².